The second-order valence-corrected chi connectivity index (χ2v) is 11.8. The lowest BCUT2D eigenvalue weighted by Gasteiger charge is -2.61. The lowest BCUT2D eigenvalue weighted by molar-refractivity contribution is -0.0693. The summed E-state index contributed by atoms with van der Waals surface area (Å²) in [6.07, 6.45) is 7.44. The quantitative estimate of drug-likeness (QED) is 0.444. The van der Waals surface area contributed by atoms with Gasteiger partial charge in [-0.3, -0.25) is 0 Å². The molecule has 2 fully saturated rings. The van der Waals surface area contributed by atoms with Crippen molar-refractivity contribution in [3.63, 3.8) is 0 Å². The SMILES string of the molecule is CC1(C)[C@@H](Br)CC[C@]2(C)C3=CC[C@@](C)(C(Br)CO)C[C@@H]3[C@@H](O)C[C@@H]12. The third-order valence-electron chi connectivity index (χ3n) is 7.78. The number of aliphatic hydroxyl groups excluding tert-OH is 2. The van der Waals surface area contributed by atoms with Crippen LogP contribution in [-0.2, 0) is 0 Å². The van der Waals surface area contributed by atoms with Crippen molar-refractivity contribution >= 4 is 31.9 Å². The molecule has 1 unspecified atom stereocenters. The van der Waals surface area contributed by atoms with Gasteiger partial charge in [-0.1, -0.05) is 71.2 Å². The molecule has 0 aromatic carbocycles. The number of rotatable bonds is 2. The van der Waals surface area contributed by atoms with Crippen molar-refractivity contribution < 1.29 is 10.2 Å². The Kier molecular flexibility index (Phi) is 5.13. The first-order valence-electron chi connectivity index (χ1n) is 9.34. The van der Waals surface area contributed by atoms with Crippen LogP contribution >= 0.6 is 31.9 Å². The Morgan fingerprint density at radius 1 is 1.29 bits per heavy atom. The topological polar surface area (TPSA) is 40.5 Å². The molecule has 138 valence electrons. The monoisotopic (exact) mass is 462 g/mol. The summed E-state index contributed by atoms with van der Waals surface area (Å²) in [6.45, 7) is 9.59. The van der Waals surface area contributed by atoms with Crippen molar-refractivity contribution in [2.24, 2.45) is 28.1 Å². The van der Waals surface area contributed by atoms with Crippen LogP contribution in [0.5, 0.6) is 0 Å². The minimum atomic E-state index is -0.260. The number of fused-ring (bicyclic) bond motifs is 3. The van der Waals surface area contributed by atoms with Gasteiger partial charge in [-0.2, -0.15) is 0 Å². The zero-order chi connectivity index (χ0) is 17.9. The van der Waals surface area contributed by atoms with Crippen LogP contribution in [0.4, 0.5) is 0 Å². The lowest BCUT2D eigenvalue weighted by atomic mass is 9.45. The van der Waals surface area contributed by atoms with Gasteiger partial charge in [0.25, 0.3) is 0 Å². The molecule has 3 aliphatic rings. The Morgan fingerprint density at radius 2 is 1.96 bits per heavy atom. The van der Waals surface area contributed by atoms with Crippen LogP contribution in [-0.4, -0.2) is 32.6 Å². The summed E-state index contributed by atoms with van der Waals surface area (Å²) >= 11 is 7.59. The fraction of sp³-hybridized carbons (Fsp3) is 0.900. The molecule has 0 bridgehead atoms. The lowest BCUT2D eigenvalue weighted by Crippen LogP contribution is -2.56. The molecule has 3 aliphatic carbocycles. The number of hydrogen-bond donors (Lipinski definition) is 2. The third-order valence-corrected chi connectivity index (χ3v) is 10.8. The molecular formula is C20H32Br2O2. The van der Waals surface area contributed by atoms with Gasteiger partial charge in [-0.25, -0.2) is 0 Å². The van der Waals surface area contributed by atoms with Gasteiger partial charge in [0.2, 0.25) is 0 Å². The molecule has 0 aromatic heterocycles. The van der Waals surface area contributed by atoms with Crippen LogP contribution in [0.1, 0.15) is 59.8 Å². The Bertz CT molecular complexity index is 532. The van der Waals surface area contributed by atoms with Crippen LogP contribution in [0.15, 0.2) is 11.6 Å². The van der Waals surface area contributed by atoms with Gasteiger partial charge < -0.3 is 10.2 Å². The summed E-state index contributed by atoms with van der Waals surface area (Å²) in [6, 6.07) is 0. The zero-order valence-electron chi connectivity index (χ0n) is 15.4. The highest BCUT2D eigenvalue weighted by molar-refractivity contribution is 9.09. The molecule has 24 heavy (non-hydrogen) atoms. The van der Waals surface area contributed by atoms with E-state index in [0.717, 1.165) is 19.3 Å². The number of halogens is 2. The fourth-order valence-corrected chi connectivity index (χ4v) is 6.92. The summed E-state index contributed by atoms with van der Waals surface area (Å²) < 4.78 is 0. The van der Waals surface area contributed by atoms with E-state index >= 15 is 0 Å². The number of hydrogen-bond acceptors (Lipinski definition) is 2. The summed E-state index contributed by atoms with van der Waals surface area (Å²) in [5, 5.41) is 20.6. The second kappa shape index (κ2) is 6.35. The first-order chi connectivity index (χ1) is 11.1. The average molecular weight is 464 g/mol. The maximum absolute atomic E-state index is 11.0. The molecule has 2 N–H and O–H groups in total. The number of aliphatic hydroxyl groups is 2. The van der Waals surface area contributed by atoms with Crippen molar-refractivity contribution in [2.75, 3.05) is 6.61 Å². The molecule has 2 nitrogen and oxygen atoms in total. The van der Waals surface area contributed by atoms with Crippen molar-refractivity contribution in [3.8, 4) is 0 Å². The Balaban J connectivity index is 1.98. The minimum Gasteiger partial charge on any atom is -0.395 e. The predicted octanol–water partition coefficient (Wildman–Crippen LogP) is 5.06. The van der Waals surface area contributed by atoms with Crippen molar-refractivity contribution in [2.45, 2.75) is 75.6 Å². The zero-order valence-corrected chi connectivity index (χ0v) is 18.5. The highest BCUT2D eigenvalue weighted by Crippen LogP contribution is 2.64. The summed E-state index contributed by atoms with van der Waals surface area (Å²) in [5.41, 5.74) is 1.94. The molecule has 7 atom stereocenters. The summed E-state index contributed by atoms with van der Waals surface area (Å²) in [7, 11) is 0. The highest BCUT2D eigenvalue weighted by atomic mass is 79.9. The van der Waals surface area contributed by atoms with E-state index in [-0.39, 0.29) is 39.7 Å². The molecule has 0 aliphatic heterocycles. The van der Waals surface area contributed by atoms with Gasteiger partial charge >= 0.3 is 0 Å². The Labute approximate surface area is 163 Å². The van der Waals surface area contributed by atoms with Gasteiger partial charge in [-0.05, 0) is 54.3 Å². The van der Waals surface area contributed by atoms with Gasteiger partial charge in [0.05, 0.1) is 12.7 Å². The first-order valence-corrected chi connectivity index (χ1v) is 11.2. The Hall–Kier alpha value is 0.620. The van der Waals surface area contributed by atoms with Crippen LogP contribution in [0.3, 0.4) is 0 Å². The van der Waals surface area contributed by atoms with Crippen LogP contribution in [0.25, 0.3) is 0 Å². The second-order valence-electron chi connectivity index (χ2n) is 9.58. The molecule has 0 amide bonds. The first kappa shape index (κ1) is 19.4. The highest BCUT2D eigenvalue weighted by Gasteiger charge is 2.58. The van der Waals surface area contributed by atoms with Crippen LogP contribution in [0.2, 0.25) is 0 Å². The van der Waals surface area contributed by atoms with E-state index in [4.69, 9.17) is 0 Å². The van der Waals surface area contributed by atoms with E-state index in [2.05, 4.69) is 65.6 Å². The summed E-state index contributed by atoms with van der Waals surface area (Å²) in [5.74, 6) is 0.766. The van der Waals surface area contributed by atoms with Gasteiger partial charge in [0.15, 0.2) is 0 Å². The molecule has 0 heterocycles. The standard InChI is InChI=1S/C20H32Br2O2/c1-18(2)15-9-14(24)12-10-19(3,17(22)11-23)7-5-13(12)20(15,4)8-6-16(18)21/h5,12,14-17,23-24H,6-11H2,1-4H3/t12-,14-,15-,16-,17?,19+,20+/m0/s1. The van der Waals surface area contributed by atoms with Gasteiger partial charge in [-0.15, -0.1) is 0 Å². The van der Waals surface area contributed by atoms with Crippen molar-refractivity contribution in [1.82, 2.24) is 0 Å². The van der Waals surface area contributed by atoms with Crippen molar-refractivity contribution in [3.05, 3.63) is 11.6 Å². The Morgan fingerprint density at radius 3 is 2.58 bits per heavy atom. The fourth-order valence-electron chi connectivity index (χ4n) is 5.99. The van der Waals surface area contributed by atoms with Crippen LogP contribution in [0, 0.1) is 28.1 Å². The molecule has 4 heteroatoms. The average Bonchev–Trinajstić information content (AvgIpc) is 2.53. The number of allylic oxidation sites excluding steroid dienone is 1. The molecule has 2 saturated carbocycles. The van der Waals surface area contributed by atoms with E-state index in [1.807, 2.05) is 0 Å². The molecule has 0 saturated heterocycles. The van der Waals surface area contributed by atoms with E-state index < -0.39 is 0 Å². The molecular weight excluding hydrogens is 432 g/mol. The minimum absolute atomic E-state index is 0.0231. The van der Waals surface area contributed by atoms with Crippen molar-refractivity contribution in [1.29, 1.82) is 0 Å². The smallest absolute Gasteiger partial charge is 0.0609 e. The molecule has 0 aromatic rings. The normalized spacial score (nSPS) is 48.9. The maximum Gasteiger partial charge on any atom is 0.0609 e. The number of alkyl halides is 2. The van der Waals surface area contributed by atoms with E-state index in [9.17, 15) is 10.2 Å². The predicted molar refractivity (Wildman–Crippen MR) is 107 cm³/mol. The van der Waals surface area contributed by atoms with E-state index in [1.165, 1.54) is 18.4 Å². The van der Waals surface area contributed by atoms with E-state index in [0.29, 0.717) is 10.7 Å². The third kappa shape index (κ3) is 2.78. The van der Waals surface area contributed by atoms with Gasteiger partial charge in [0, 0.05) is 15.6 Å². The maximum atomic E-state index is 11.0. The largest absolute Gasteiger partial charge is 0.395 e. The molecule has 0 radical (unpaired) electrons. The molecule has 0 spiro atoms. The summed E-state index contributed by atoms with van der Waals surface area (Å²) in [4.78, 5) is 0.623. The van der Waals surface area contributed by atoms with Crippen LogP contribution < -0.4 is 0 Å². The molecule has 3 rings (SSSR count). The van der Waals surface area contributed by atoms with E-state index in [1.54, 1.807) is 0 Å². The van der Waals surface area contributed by atoms with Gasteiger partial charge in [0.1, 0.15) is 0 Å².